The number of fused-ring (bicyclic) bond motifs is 3. The van der Waals surface area contributed by atoms with Crippen LogP contribution in [0.15, 0.2) is 138 Å². The Kier molecular flexibility index (Phi) is 4.55. The molecule has 0 fully saturated rings. The second-order valence-corrected chi connectivity index (χ2v) is 9.69. The van der Waals surface area contributed by atoms with E-state index in [0.29, 0.717) is 0 Å². The number of para-hydroxylation sites is 1. The summed E-state index contributed by atoms with van der Waals surface area (Å²) >= 11 is 0. The molecule has 0 atom stereocenters. The van der Waals surface area contributed by atoms with Crippen LogP contribution in [-0.4, -0.2) is 0 Å². The van der Waals surface area contributed by atoms with Crippen LogP contribution in [0.2, 0.25) is 0 Å². The normalized spacial score (nSPS) is 11.9. The van der Waals surface area contributed by atoms with Crippen molar-refractivity contribution in [3.8, 4) is 56.4 Å². The second-order valence-electron chi connectivity index (χ2n) is 9.69. The highest BCUT2D eigenvalue weighted by molar-refractivity contribution is 6.13. The standard InChI is InChI=1S/C36H22O2/c1-2-10-23(11-3-1)25-13-8-14-26(22-25)35-27-15-4-5-16-28(27)36(38-35)30-21-20-24-12-9-19-32-33(24)34(30)29-17-6-7-18-31(29)37-32/h1-22H. The molecule has 2 heterocycles. The molecule has 2 heteroatoms. The van der Waals surface area contributed by atoms with Crippen LogP contribution in [-0.2, 0) is 0 Å². The van der Waals surface area contributed by atoms with Crippen LogP contribution in [0.4, 0.5) is 0 Å². The minimum absolute atomic E-state index is 0.867. The Balaban J connectivity index is 1.40. The zero-order chi connectivity index (χ0) is 25.1. The van der Waals surface area contributed by atoms with Crippen LogP contribution in [0.1, 0.15) is 0 Å². The van der Waals surface area contributed by atoms with Gasteiger partial charge in [0.15, 0.2) is 0 Å². The number of rotatable bonds is 3. The third-order valence-electron chi connectivity index (χ3n) is 7.48. The maximum Gasteiger partial charge on any atom is 0.143 e. The smallest absolute Gasteiger partial charge is 0.143 e. The predicted octanol–water partition coefficient (Wildman–Crippen LogP) is 10.4. The number of hydrogen-bond donors (Lipinski definition) is 0. The van der Waals surface area contributed by atoms with Gasteiger partial charge < -0.3 is 9.15 Å². The van der Waals surface area contributed by atoms with Crippen LogP contribution >= 0.6 is 0 Å². The molecule has 8 rings (SSSR count). The zero-order valence-corrected chi connectivity index (χ0v) is 20.5. The van der Waals surface area contributed by atoms with Gasteiger partial charge in [-0.05, 0) is 40.8 Å². The fourth-order valence-electron chi connectivity index (χ4n) is 5.76. The minimum Gasteiger partial charge on any atom is -0.456 e. The van der Waals surface area contributed by atoms with Crippen molar-refractivity contribution in [3.05, 3.63) is 133 Å². The number of benzene rings is 6. The number of ether oxygens (including phenoxy) is 1. The van der Waals surface area contributed by atoms with Gasteiger partial charge >= 0.3 is 0 Å². The third kappa shape index (κ3) is 3.14. The van der Waals surface area contributed by atoms with Gasteiger partial charge in [0.25, 0.3) is 0 Å². The van der Waals surface area contributed by atoms with Crippen LogP contribution in [0, 0.1) is 0 Å². The van der Waals surface area contributed by atoms with Gasteiger partial charge in [-0.1, -0.05) is 109 Å². The fourth-order valence-corrected chi connectivity index (χ4v) is 5.76. The van der Waals surface area contributed by atoms with Gasteiger partial charge in [0.05, 0.1) is 0 Å². The minimum atomic E-state index is 0.867. The molecule has 0 saturated carbocycles. The molecule has 178 valence electrons. The molecular weight excluding hydrogens is 464 g/mol. The topological polar surface area (TPSA) is 22.4 Å². The largest absolute Gasteiger partial charge is 0.456 e. The molecule has 0 amide bonds. The summed E-state index contributed by atoms with van der Waals surface area (Å²) in [6, 6.07) is 46.4. The van der Waals surface area contributed by atoms with E-state index in [2.05, 4.69) is 109 Å². The molecule has 6 aromatic carbocycles. The van der Waals surface area contributed by atoms with Crippen LogP contribution in [0.3, 0.4) is 0 Å². The van der Waals surface area contributed by atoms with Crippen LogP contribution in [0.5, 0.6) is 11.5 Å². The average molecular weight is 487 g/mol. The lowest BCUT2D eigenvalue weighted by molar-refractivity contribution is 0.487. The Labute approximate surface area is 220 Å². The molecule has 0 aliphatic carbocycles. The highest BCUT2D eigenvalue weighted by Crippen LogP contribution is 2.52. The molecule has 0 bridgehead atoms. The molecule has 0 unspecified atom stereocenters. The van der Waals surface area contributed by atoms with Crippen molar-refractivity contribution in [1.29, 1.82) is 0 Å². The molecule has 0 spiro atoms. The molecule has 1 aliphatic rings. The summed E-state index contributed by atoms with van der Waals surface area (Å²) in [5.41, 5.74) is 6.73. The van der Waals surface area contributed by atoms with E-state index < -0.39 is 0 Å². The van der Waals surface area contributed by atoms with E-state index in [4.69, 9.17) is 9.15 Å². The zero-order valence-electron chi connectivity index (χ0n) is 20.5. The molecule has 0 radical (unpaired) electrons. The summed E-state index contributed by atoms with van der Waals surface area (Å²) in [5, 5.41) is 4.48. The molecule has 1 aromatic heterocycles. The van der Waals surface area contributed by atoms with Gasteiger partial charge in [-0.3, -0.25) is 0 Å². The summed E-state index contributed by atoms with van der Waals surface area (Å²) in [7, 11) is 0. The van der Waals surface area contributed by atoms with Crippen molar-refractivity contribution in [2.24, 2.45) is 0 Å². The molecule has 0 N–H and O–H groups in total. The molecular formula is C36H22O2. The van der Waals surface area contributed by atoms with E-state index in [9.17, 15) is 0 Å². The van der Waals surface area contributed by atoms with Gasteiger partial charge in [0.1, 0.15) is 23.0 Å². The Morgan fingerprint density at radius 3 is 2.00 bits per heavy atom. The van der Waals surface area contributed by atoms with E-state index in [-0.39, 0.29) is 0 Å². The summed E-state index contributed by atoms with van der Waals surface area (Å²) in [5.74, 6) is 3.51. The molecule has 7 aromatic rings. The Bertz CT molecular complexity index is 2000. The van der Waals surface area contributed by atoms with E-state index in [1.54, 1.807) is 0 Å². The lowest BCUT2D eigenvalue weighted by Crippen LogP contribution is -1.98. The van der Waals surface area contributed by atoms with Crippen molar-refractivity contribution in [3.63, 3.8) is 0 Å². The van der Waals surface area contributed by atoms with Gasteiger partial charge in [-0.25, -0.2) is 0 Å². The van der Waals surface area contributed by atoms with Gasteiger partial charge in [-0.15, -0.1) is 0 Å². The van der Waals surface area contributed by atoms with E-state index in [1.165, 1.54) is 11.1 Å². The molecule has 2 nitrogen and oxygen atoms in total. The van der Waals surface area contributed by atoms with Crippen molar-refractivity contribution in [2.75, 3.05) is 0 Å². The Hall–Kier alpha value is -5.08. The quantitative estimate of drug-likeness (QED) is 0.248. The lowest BCUT2D eigenvalue weighted by atomic mass is 9.89. The summed E-state index contributed by atoms with van der Waals surface area (Å²) in [4.78, 5) is 0. The fraction of sp³-hybridized carbons (Fsp3) is 0. The van der Waals surface area contributed by atoms with Crippen molar-refractivity contribution < 1.29 is 9.15 Å². The van der Waals surface area contributed by atoms with E-state index in [1.807, 2.05) is 24.3 Å². The Morgan fingerprint density at radius 1 is 0.421 bits per heavy atom. The first-order valence-electron chi connectivity index (χ1n) is 12.9. The van der Waals surface area contributed by atoms with Gasteiger partial charge in [0.2, 0.25) is 0 Å². The summed E-state index contributed by atoms with van der Waals surface area (Å²) < 4.78 is 13.2. The van der Waals surface area contributed by atoms with Crippen molar-refractivity contribution in [1.82, 2.24) is 0 Å². The summed E-state index contributed by atoms with van der Waals surface area (Å²) in [6.45, 7) is 0. The van der Waals surface area contributed by atoms with Gasteiger partial charge in [-0.2, -0.15) is 0 Å². The highest BCUT2D eigenvalue weighted by Gasteiger charge is 2.26. The average Bonchev–Trinajstić information content (AvgIpc) is 3.38. The van der Waals surface area contributed by atoms with Gasteiger partial charge in [0, 0.05) is 38.4 Å². The first-order chi connectivity index (χ1) is 18.8. The molecule has 38 heavy (non-hydrogen) atoms. The summed E-state index contributed by atoms with van der Waals surface area (Å²) in [6.07, 6.45) is 0. The van der Waals surface area contributed by atoms with Crippen molar-refractivity contribution in [2.45, 2.75) is 0 Å². The number of furan rings is 1. The maximum absolute atomic E-state index is 6.86. The first kappa shape index (κ1) is 21.0. The third-order valence-corrected chi connectivity index (χ3v) is 7.48. The Morgan fingerprint density at radius 2 is 1.11 bits per heavy atom. The van der Waals surface area contributed by atoms with Crippen LogP contribution in [0.25, 0.3) is 66.4 Å². The maximum atomic E-state index is 6.86. The lowest BCUT2D eigenvalue weighted by Gasteiger charge is -2.23. The number of hydrogen-bond acceptors (Lipinski definition) is 2. The molecule has 1 aliphatic heterocycles. The van der Waals surface area contributed by atoms with Crippen LogP contribution < -0.4 is 4.74 Å². The first-order valence-corrected chi connectivity index (χ1v) is 12.9. The predicted molar refractivity (Wildman–Crippen MR) is 156 cm³/mol. The highest BCUT2D eigenvalue weighted by atomic mass is 16.5. The van der Waals surface area contributed by atoms with E-state index in [0.717, 1.165) is 66.8 Å². The monoisotopic (exact) mass is 486 g/mol. The van der Waals surface area contributed by atoms with E-state index >= 15 is 0 Å². The molecule has 0 saturated heterocycles. The van der Waals surface area contributed by atoms with Crippen molar-refractivity contribution >= 4 is 21.5 Å². The SMILES string of the molecule is c1ccc(-c2cccc(-c3oc(-c4ccc5cccc6c5c4-c4ccccc4O6)c4ccccc34)c2)cc1. The second kappa shape index (κ2) is 8.22.